The number of benzene rings is 1. The molecule has 1 aromatic carbocycles. The Morgan fingerprint density at radius 1 is 0.818 bits per heavy atom. The van der Waals surface area contributed by atoms with E-state index in [2.05, 4.69) is 0 Å². The fourth-order valence-electron chi connectivity index (χ4n) is 4.02. The number of hydrogen-bond donors (Lipinski definition) is 0. The average Bonchev–Trinajstić information content (AvgIpc) is 2.75. The van der Waals surface area contributed by atoms with Crippen LogP contribution in [0, 0.1) is 23.7 Å². The van der Waals surface area contributed by atoms with Crippen LogP contribution in [0.5, 0.6) is 0 Å². The first-order chi connectivity index (χ1) is 10.5. The number of rotatable bonds is 1. The molecule has 0 unspecified atom stereocenters. The Morgan fingerprint density at radius 3 is 1.73 bits per heavy atom. The van der Waals surface area contributed by atoms with Gasteiger partial charge in [0.1, 0.15) is 11.6 Å². The van der Waals surface area contributed by atoms with E-state index in [0.717, 1.165) is 4.90 Å². The van der Waals surface area contributed by atoms with Crippen LogP contribution in [0.2, 0.25) is 5.02 Å². The Balaban J connectivity index is 1.78. The van der Waals surface area contributed by atoms with Crippen molar-refractivity contribution in [2.75, 3.05) is 4.90 Å². The summed E-state index contributed by atoms with van der Waals surface area (Å²) in [4.78, 5) is 50.6. The molecule has 0 radical (unpaired) electrons. The van der Waals surface area contributed by atoms with Gasteiger partial charge in [-0.25, -0.2) is 0 Å². The molecular weight excluding hydrogens is 306 g/mol. The first-order valence-corrected chi connectivity index (χ1v) is 7.55. The molecule has 3 saturated carbocycles. The van der Waals surface area contributed by atoms with Crippen LogP contribution in [0.4, 0.5) is 5.69 Å². The van der Waals surface area contributed by atoms with Crippen LogP contribution < -0.4 is 4.90 Å². The van der Waals surface area contributed by atoms with Crippen molar-refractivity contribution in [2.24, 2.45) is 23.7 Å². The smallest absolute Gasteiger partial charge is 0.238 e. The lowest BCUT2D eigenvalue weighted by atomic mass is 9.58. The van der Waals surface area contributed by atoms with Gasteiger partial charge in [0, 0.05) is 29.7 Å². The fourth-order valence-corrected chi connectivity index (χ4v) is 4.15. The van der Waals surface area contributed by atoms with Crippen LogP contribution in [0.1, 0.15) is 12.8 Å². The summed E-state index contributed by atoms with van der Waals surface area (Å²) in [5.74, 6) is -3.47. The number of nitrogens with zero attached hydrogens (tertiary/aromatic N) is 1. The number of Topliss-reactive ketones (excluding diaryl/α,β-unsaturated/α-hetero) is 2. The molecule has 6 heteroatoms. The van der Waals surface area contributed by atoms with Gasteiger partial charge in [-0.1, -0.05) is 11.6 Å². The first kappa shape index (κ1) is 13.6. The Labute approximate surface area is 131 Å². The molecule has 0 N–H and O–H groups in total. The SMILES string of the molecule is O=C1C[C@H]2C(=O)C[C@H]1[C@H]1C(=O)N(c3ccc(Cl)cc3)C(=O)[C@@H]12. The van der Waals surface area contributed by atoms with Gasteiger partial charge in [-0.2, -0.15) is 0 Å². The first-order valence-electron chi connectivity index (χ1n) is 7.18. The molecule has 22 heavy (non-hydrogen) atoms. The number of ketones is 2. The molecule has 3 aliphatic carbocycles. The summed E-state index contributed by atoms with van der Waals surface area (Å²) < 4.78 is 0. The molecule has 112 valence electrons. The second-order valence-corrected chi connectivity index (χ2v) is 6.53. The maximum Gasteiger partial charge on any atom is 0.238 e. The summed E-state index contributed by atoms with van der Waals surface area (Å²) in [7, 11) is 0. The highest BCUT2D eigenvalue weighted by Gasteiger charge is 2.63. The number of amides is 2. The minimum atomic E-state index is -0.674. The lowest BCUT2D eigenvalue weighted by Gasteiger charge is -2.40. The third-order valence-corrected chi connectivity index (χ3v) is 5.27. The van der Waals surface area contributed by atoms with E-state index < -0.39 is 23.7 Å². The van der Waals surface area contributed by atoms with Crippen LogP contribution in [0.25, 0.3) is 0 Å². The topological polar surface area (TPSA) is 71.5 Å². The van der Waals surface area contributed by atoms with Crippen molar-refractivity contribution in [3.05, 3.63) is 29.3 Å². The van der Waals surface area contributed by atoms with Crippen molar-refractivity contribution in [3.8, 4) is 0 Å². The van der Waals surface area contributed by atoms with Crippen molar-refractivity contribution in [1.82, 2.24) is 0 Å². The Morgan fingerprint density at radius 2 is 1.27 bits per heavy atom. The van der Waals surface area contributed by atoms with Gasteiger partial charge in [-0.3, -0.25) is 24.1 Å². The third kappa shape index (κ3) is 1.66. The highest BCUT2D eigenvalue weighted by molar-refractivity contribution is 6.31. The third-order valence-electron chi connectivity index (χ3n) is 5.02. The second kappa shape index (κ2) is 4.49. The van der Waals surface area contributed by atoms with Crippen LogP contribution in [0.15, 0.2) is 24.3 Å². The molecule has 0 spiro atoms. The summed E-state index contributed by atoms with van der Waals surface area (Å²) in [5.41, 5.74) is 0.438. The van der Waals surface area contributed by atoms with Crippen molar-refractivity contribution in [2.45, 2.75) is 12.8 Å². The normalized spacial score (nSPS) is 33.6. The predicted octanol–water partition coefficient (Wildman–Crippen LogP) is 1.62. The zero-order valence-electron chi connectivity index (χ0n) is 11.5. The highest BCUT2D eigenvalue weighted by Crippen LogP contribution is 2.50. The van der Waals surface area contributed by atoms with Gasteiger partial charge >= 0.3 is 0 Å². The molecule has 1 heterocycles. The quantitative estimate of drug-likeness (QED) is 0.738. The average molecular weight is 318 g/mol. The molecule has 4 fully saturated rings. The minimum Gasteiger partial charge on any atom is -0.299 e. The van der Waals surface area contributed by atoms with Gasteiger partial charge in [-0.05, 0) is 24.3 Å². The highest BCUT2D eigenvalue weighted by atomic mass is 35.5. The minimum absolute atomic E-state index is 0.0649. The zero-order chi connectivity index (χ0) is 15.6. The summed E-state index contributed by atoms with van der Waals surface area (Å²) in [6.07, 6.45) is 0.191. The maximum atomic E-state index is 12.7. The molecule has 4 atom stereocenters. The van der Waals surface area contributed by atoms with Crippen LogP contribution in [0.3, 0.4) is 0 Å². The standard InChI is InChI=1S/C16H12ClNO4/c17-7-1-3-8(4-2-7)18-15(21)13-9-5-11(19)10(6-12(9)20)14(13)16(18)22/h1-4,9-10,13-14H,5-6H2/t9-,10+,13-,14-/m1/s1. The van der Waals surface area contributed by atoms with Crippen molar-refractivity contribution in [1.29, 1.82) is 0 Å². The van der Waals surface area contributed by atoms with Gasteiger partial charge in [0.25, 0.3) is 0 Å². The zero-order valence-corrected chi connectivity index (χ0v) is 12.2. The number of carbonyl (C=O) groups excluding carboxylic acids is 4. The molecule has 1 saturated heterocycles. The monoisotopic (exact) mass is 317 g/mol. The van der Waals surface area contributed by atoms with E-state index in [1.54, 1.807) is 24.3 Å². The molecule has 2 bridgehead atoms. The molecule has 5 nitrogen and oxygen atoms in total. The van der Waals surface area contributed by atoms with E-state index in [0.29, 0.717) is 10.7 Å². The van der Waals surface area contributed by atoms with Crippen molar-refractivity contribution < 1.29 is 19.2 Å². The van der Waals surface area contributed by atoms with E-state index in [1.165, 1.54) is 0 Å². The number of fused-ring (bicyclic) bond motifs is 2. The van der Waals surface area contributed by atoms with E-state index in [9.17, 15) is 19.2 Å². The number of anilines is 1. The van der Waals surface area contributed by atoms with E-state index >= 15 is 0 Å². The van der Waals surface area contributed by atoms with Crippen molar-refractivity contribution >= 4 is 40.7 Å². The number of halogens is 1. The molecule has 2 amide bonds. The van der Waals surface area contributed by atoms with Gasteiger partial charge in [0.15, 0.2) is 0 Å². The fraction of sp³-hybridized carbons (Fsp3) is 0.375. The molecular formula is C16H12ClNO4. The van der Waals surface area contributed by atoms with Crippen LogP contribution >= 0.6 is 11.6 Å². The van der Waals surface area contributed by atoms with Gasteiger partial charge in [0.05, 0.1) is 17.5 Å². The van der Waals surface area contributed by atoms with Gasteiger partial charge in [0.2, 0.25) is 11.8 Å². The summed E-state index contributed by atoms with van der Waals surface area (Å²) in [6, 6.07) is 6.40. The molecule has 4 aliphatic rings. The molecule has 5 rings (SSSR count). The largest absolute Gasteiger partial charge is 0.299 e. The van der Waals surface area contributed by atoms with Gasteiger partial charge < -0.3 is 0 Å². The Bertz CT molecular complexity index is 686. The van der Waals surface area contributed by atoms with E-state index in [1.807, 2.05) is 0 Å². The maximum absolute atomic E-state index is 12.7. The second-order valence-electron chi connectivity index (χ2n) is 6.09. The number of hydrogen-bond acceptors (Lipinski definition) is 4. The summed E-state index contributed by atoms with van der Waals surface area (Å²) in [6.45, 7) is 0. The van der Waals surface area contributed by atoms with E-state index in [-0.39, 0.29) is 36.2 Å². The summed E-state index contributed by atoms with van der Waals surface area (Å²) >= 11 is 5.83. The molecule has 1 aliphatic heterocycles. The number of carbonyl (C=O) groups is 4. The van der Waals surface area contributed by atoms with Crippen LogP contribution in [-0.2, 0) is 19.2 Å². The predicted molar refractivity (Wildman–Crippen MR) is 77.2 cm³/mol. The van der Waals surface area contributed by atoms with Crippen LogP contribution in [-0.4, -0.2) is 23.4 Å². The lowest BCUT2D eigenvalue weighted by Crippen LogP contribution is -2.51. The van der Waals surface area contributed by atoms with Gasteiger partial charge in [-0.15, -0.1) is 0 Å². The Kier molecular flexibility index (Phi) is 2.78. The van der Waals surface area contributed by atoms with Crippen molar-refractivity contribution in [3.63, 3.8) is 0 Å². The Hall–Kier alpha value is -2.01. The lowest BCUT2D eigenvalue weighted by molar-refractivity contribution is -0.153. The molecule has 1 aromatic rings. The number of imide groups is 1. The summed E-state index contributed by atoms with van der Waals surface area (Å²) in [5, 5.41) is 0.505. The molecule has 0 aromatic heterocycles. The van der Waals surface area contributed by atoms with E-state index in [4.69, 9.17) is 11.6 Å².